The molecule has 11 heteroatoms. The van der Waals surface area contributed by atoms with E-state index in [1.165, 1.54) is 0 Å². The van der Waals surface area contributed by atoms with E-state index in [0.717, 1.165) is 36.0 Å². The molecule has 33 heavy (non-hydrogen) atoms. The van der Waals surface area contributed by atoms with Gasteiger partial charge >= 0.3 is 5.97 Å². The van der Waals surface area contributed by atoms with E-state index in [1.807, 2.05) is 0 Å². The molecule has 7 nitrogen and oxygen atoms in total. The van der Waals surface area contributed by atoms with Gasteiger partial charge < -0.3 is 25.6 Å². The predicted molar refractivity (Wildman–Crippen MR) is 118 cm³/mol. The van der Waals surface area contributed by atoms with Crippen molar-refractivity contribution in [3.8, 4) is 5.69 Å². The molecule has 2 fully saturated rings. The highest BCUT2D eigenvalue weighted by Gasteiger charge is 2.38. The monoisotopic (exact) mass is 478 g/mol. The first-order valence-corrected chi connectivity index (χ1v) is 10.6. The number of nitrogens with one attached hydrogen (secondary N) is 1. The van der Waals surface area contributed by atoms with Crippen LogP contribution in [0.25, 0.3) is 16.6 Å². The Kier molecular flexibility index (Phi) is 5.02. The number of hydrogen-bond donors (Lipinski definition) is 3. The second-order valence-electron chi connectivity index (χ2n) is 8.37. The van der Waals surface area contributed by atoms with Gasteiger partial charge in [-0.1, -0.05) is 11.6 Å². The lowest BCUT2D eigenvalue weighted by molar-refractivity contribution is 0.0695. The number of anilines is 2. The molecule has 2 atom stereocenters. The van der Waals surface area contributed by atoms with Crippen molar-refractivity contribution in [1.29, 1.82) is 0 Å². The van der Waals surface area contributed by atoms with E-state index in [-0.39, 0.29) is 27.3 Å². The highest BCUT2D eigenvalue weighted by molar-refractivity contribution is 6.38. The molecule has 5 rings (SSSR count). The van der Waals surface area contributed by atoms with Crippen LogP contribution in [0.1, 0.15) is 10.4 Å². The van der Waals surface area contributed by atoms with Gasteiger partial charge in [-0.25, -0.2) is 18.0 Å². The fourth-order valence-corrected chi connectivity index (χ4v) is 5.22. The minimum Gasteiger partial charge on any atom is -0.477 e. The molecule has 2 saturated heterocycles. The second kappa shape index (κ2) is 7.67. The fraction of sp³-hybridized carbons (Fsp3) is 0.273. The summed E-state index contributed by atoms with van der Waals surface area (Å²) in [6, 6.07) is 2.42. The van der Waals surface area contributed by atoms with Gasteiger partial charge in [0, 0.05) is 38.4 Å². The van der Waals surface area contributed by atoms with Crippen LogP contribution in [-0.2, 0) is 0 Å². The molecule has 3 aromatic rings. The van der Waals surface area contributed by atoms with Crippen molar-refractivity contribution < 1.29 is 23.1 Å². The van der Waals surface area contributed by atoms with Crippen LogP contribution in [0.3, 0.4) is 0 Å². The normalized spacial score (nSPS) is 19.9. The number of nitrogen functional groups attached to an aromatic ring is 1. The van der Waals surface area contributed by atoms with Crippen molar-refractivity contribution in [1.82, 2.24) is 9.88 Å². The summed E-state index contributed by atoms with van der Waals surface area (Å²) in [6.45, 7) is 2.66. The maximum atomic E-state index is 15.3. The summed E-state index contributed by atoms with van der Waals surface area (Å²) < 4.78 is 44.8. The maximum absolute atomic E-state index is 15.3. The van der Waals surface area contributed by atoms with E-state index in [0.29, 0.717) is 31.0 Å². The quantitative estimate of drug-likeness (QED) is 0.500. The summed E-state index contributed by atoms with van der Waals surface area (Å²) in [5.74, 6) is -3.83. The number of carbonyl (C=O) groups is 1. The Morgan fingerprint density at radius 3 is 2.39 bits per heavy atom. The molecule has 172 valence electrons. The lowest BCUT2D eigenvalue weighted by atomic mass is 10.0. The van der Waals surface area contributed by atoms with Gasteiger partial charge in [0.1, 0.15) is 23.0 Å². The van der Waals surface area contributed by atoms with Gasteiger partial charge in [-0.2, -0.15) is 0 Å². The summed E-state index contributed by atoms with van der Waals surface area (Å²) in [5.41, 5.74) is 3.13. The summed E-state index contributed by atoms with van der Waals surface area (Å²) in [6.07, 6.45) is 0.888. The number of aromatic nitrogens is 1. The molecule has 0 aliphatic carbocycles. The largest absolute Gasteiger partial charge is 0.477 e. The van der Waals surface area contributed by atoms with Crippen LogP contribution in [0.4, 0.5) is 24.5 Å². The number of fused-ring (bicyclic) bond motifs is 2. The Balaban J connectivity index is 1.82. The van der Waals surface area contributed by atoms with Crippen molar-refractivity contribution in [3.05, 3.63) is 62.7 Å². The van der Waals surface area contributed by atoms with E-state index in [4.69, 9.17) is 17.3 Å². The molecule has 2 aromatic carbocycles. The average molecular weight is 479 g/mol. The van der Waals surface area contributed by atoms with E-state index in [2.05, 4.69) is 5.32 Å². The zero-order valence-corrected chi connectivity index (χ0v) is 17.8. The molecule has 0 radical (unpaired) electrons. The van der Waals surface area contributed by atoms with E-state index < -0.39 is 40.1 Å². The maximum Gasteiger partial charge on any atom is 0.341 e. The Bertz CT molecular complexity index is 1380. The third kappa shape index (κ3) is 3.32. The number of carboxylic acid groups (broad SMARTS) is 1. The van der Waals surface area contributed by atoms with Gasteiger partial charge in [0.15, 0.2) is 0 Å². The third-order valence-electron chi connectivity index (χ3n) is 6.42. The summed E-state index contributed by atoms with van der Waals surface area (Å²) in [4.78, 5) is 26.3. The highest BCUT2D eigenvalue weighted by Crippen LogP contribution is 2.40. The number of nitrogens with two attached hydrogens (primary N) is 1. The Morgan fingerprint density at radius 1 is 1.09 bits per heavy atom. The lowest BCUT2D eigenvalue weighted by Gasteiger charge is -2.24. The first kappa shape index (κ1) is 21.6. The number of carboxylic acids is 1. The van der Waals surface area contributed by atoms with Crippen LogP contribution in [0.5, 0.6) is 0 Å². The third-order valence-corrected chi connectivity index (χ3v) is 6.78. The van der Waals surface area contributed by atoms with Crippen LogP contribution >= 0.6 is 11.6 Å². The minimum atomic E-state index is -1.59. The second-order valence-corrected chi connectivity index (χ2v) is 8.75. The van der Waals surface area contributed by atoms with Crippen molar-refractivity contribution in [2.45, 2.75) is 0 Å². The molecule has 0 bridgehead atoms. The van der Waals surface area contributed by atoms with Gasteiger partial charge in [0.2, 0.25) is 5.43 Å². The zero-order chi connectivity index (χ0) is 23.6. The zero-order valence-electron chi connectivity index (χ0n) is 17.0. The molecule has 2 unspecified atom stereocenters. The van der Waals surface area contributed by atoms with Gasteiger partial charge in [-0.05, 0) is 24.0 Å². The molecule has 0 spiro atoms. The first-order chi connectivity index (χ1) is 15.7. The van der Waals surface area contributed by atoms with Gasteiger partial charge in [0.25, 0.3) is 0 Å². The van der Waals surface area contributed by atoms with Crippen molar-refractivity contribution in [2.24, 2.45) is 11.8 Å². The molecule has 2 aliphatic rings. The smallest absolute Gasteiger partial charge is 0.341 e. The number of rotatable bonds is 3. The topological polar surface area (TPSA) is 101 Å². The van der Waals surface area contributed by atoms with Crippen molar-refractivity contribution >= 4 is 39.8 Å². The lowest BCUT2D eigenvalue weighted by Crippen LogP contribution is -2.27. The molecule has 1 aromatic heterocycles. The van der Waals surface area contributed by atoms with Gasteiger partial charge in [-0.15, -0.1) is 0 Å². The summed E-state index contributed by atoms with van der Waals surface area (Å²) in [5, 5.41) is 12.3. The summed E-state index contributed by atoms with van der Waals surface area (Å²) >= 11 is 6.63. The standard InChI is InChI=1S/C22H18ClF3N4O3/c23-18-19-11(1-15(26)20(18)29-6-9-4-28-5-10(9)7-29)21(31)12(22(32)33)8-30(19)17-3-16(27)13(24)2-14(17)25/h1-3,8-10,28H,4-7,27H2,(H,32,33). The SMILES string of the molecule is Nc1cc(-n2cc(C(=O)O)c(=O)c3cc(F)c(N4CC5CNCC5C4)c(Cl)c32)c(F)cc1F. The molecule has 3 heterocycles. The van der Waals surface area contributed by atoms with Crippen LogP contribution < -0.4 is 21.4 Å². The Labute approximate surface area is 190 Å². The van der Waals surface area contributed by atoms with Crippen LogP contribution in [0.15, 0.2) is 29.2 Å². The van der Waals surface area contributed by atoms with Crippen LogP contribution in [0.2, 0.25) is 5.02 Å². The average Bonchev–Trinajstić information content (AvgIpc) is 3.34. The summed E-state index contributed by atoms with van der Waals surface area (Å²) in [7, 11) is 0. The first-order valence-electron chi connectivity index (χ1n) is 10.2. The number of aromatic carboxylic acids is 1. The van der Waals surface area contributed by atoms with E-state index in [9.17, 15) is 23.5 Å². The highest BCUT2D eigenvalue weighted by atomic mass is 35.5. The number of benzene rings is 2. The molecular formula is C22H18ClF3N4O3. The van der Waals surface area contributed by atoms with Crippen LogP contribution in [0, 0.1) is 29.3 Å². The fourth-order valence-electron chi connectivity index (χ4n) is 4.81. The van der Waals surface area contributed by atoms with Gasteiger partial charge in [-0.3, -0.25) is 4.79 Å². The number of halogens is 4. The van der Waals surface area contributed by atoms with Crippen molar-refractivity contribution in [2.75, 3.05) is 36.8 Å². The van der Waals surface area contributed by atoms with Gasteiger partial charge in [0.05, 0.1) is 33.0 Å². The van der Waals surface area contributed by atoms with Crippen molar-refractivity contribution in [3.63, 3.8) is 0 Å². The van der Waals surface area contributed by atoms with Crippen LogP contribution in [-0.4, -0.2) is 41.8 Å². The number of nitrogens with zero attached hydrogens (tertiary/aromatic N) is 2. The van der Waals surface area contributed by atoms with E-state index in [1.54, 1.807) is 4.90 Å². The molecule has 0 saturated carbocycles. The minimum absolute atomic E-state index is 0.0466. The number of hydrogen-bond acceptors (Lipinski definition) is 5. The van der Waals surface area contributed by atoms with E-state index >= 15 is 4.39 Å². The Hall–Kier alpha value is -3.24. The molecule has 2 aliphatic heterocycles. The molecule has 4 N–H and O–H groups in total. The Morgan fingerprint density at radius 2 is 1.76 bits per heavy atom. The number of pyridine rings is 1. The molecular weight excluding hydrogens is 461 g/mol. The molecule has 0 amide bonds. The predicted octanol–water partition coefficient (Wildman–Crippen LogP) is 3.00.